The molecule has 0 heterocycles. The predicted molar refractivity (Wildman–Crippen MR) is 107 cm³/mol. The number of nitrogens with one attached hydrogen (secondary N) is 2. The third-order valence-corrected chi connectivity index (χ3v) is 3.88. The highest BCUT2D eigenvalue weighted by atomic mass is 19.1. The van der Waals surface area contributed by atoms with E-state index >= 15 is 0 Å². The van der Waals surface area contributed by atoms with Crippen LogP contribution >= 0.6 is 0 Å². The third kappa shape index (κ3) is 9.49. The third-order valence-electron chi connectivity index (χ3n) is 3.88. The summed E-state index contributed by atoms with van der Waals surface area (Å²) in [5.41, 5.74) is -0.185. The standard InChI is InChI=1S/C21H29FN2O6/c1-13(25)23-17(12-14-7-6-8-15(22)11-14)19(27)24-16(20(28)29-5)9-10-18(26)30-21(2,3)4/h6-8,11,16-17H,9-10,12H2,1-5H3,(H,23,25)(H,24,27)/t16-,17-/m1/s1. The van der Waals surface area contributed by atoms with Gasteiger partial charge in [0.25, 0.3) is 0 Å². The molecule has 2 atom stereocenters. The van der Waals surface area contributed by atoms with Crippen LogP contribution in [-0.4, -0.2) is 48.5 Å². The zero-order valence-electron chi connectivity index (χ0n) is 17.9. The van der Waals surface area contributed by atoms with Gasteiger partial charge in [-0.2, -0.15) is 0 Å². The van der Waals surface area contributed by atoms with Crippen molar-refractivity contribution in [3.63, 3.8) is 0 Å². The number of benzene rings is 1. The van der Waals surface area contributed by atoms with E-state index in [1.54, 1.807) is 26.8 Å². The topological polar surface area (TPSA) is 111 Å². The molecule has 0 unspecified atom stereocenters. The zero-order chi connectivity index (χ0) is 22.9. The molecule has 0 aromatic heterocycles. The van der Waals surface area contributed by atoms with Crippen molar-refractivity contribution in [3.05, 3.63) is 35.6 Å². The summed E-state index contributed by atoms with van der Waals surface area (Å²) in [6, 6.07) is 3.47. The molecule has 30 heavy (non-hydrogen) atoms. The lowest BCUT2D eigenvalue weighted by Gasteiger charge is -2.23. The van der Waals surface area contributed by atoms with Crippen LogP contribution in [0.15, 0.2) is 24.3 Å². The van der Waals surface area contributed by atoms with E-state index in [9.17, 15) is 23.6 Å². The Kier molecular flexibility index (Phi) is 9.42. The molecule has 0 aliphatic heterocycles. The fraction of sp³-hybridized carbons (Fsp3) is 0.524. The van der Waals surface area contributed by atoms with Crippen LogP contribution < -0.4 is 10.6 Å². The van der Waals surface area contributed by atoms with E-state index in [2.05, 4.69) is 10.6 Å². The Labute approximate surface area is 175 Å². The second-order valence-corrected chi connectivity index (χ2v) is 7.80. The molecule has 166 valence electrons. The highest BCUT2D eigenvalue weighted by Crippen LogP contribution is 2.11. The maximum Gasteiger partial charge on any atom is 0.328 e. The lowest BCUT2D eigenvalue weighted by atomic mass is 10.0. The van der Waals surface area contributed by atoms with Crippen LogP contribution in [-0.2, 0) is 35.1 Å². The minimum Gasteiger partial charge on any atom is -0.467 e. The largest absolute Gasteiger partial charge is 0.467 e. The smallest absolute Gasteiger partial charge is 0.328 e. The molecule has 0 saturated carbocycles. The number of rotatable bonds is 9. The summed E-state index contributed by atoms with van der Waals surface area (Å²) < 4.78 is 23.3. The van der Waals surface area contributed by atoms with Crippen molar-refractivity contribution in [1.82, 2.24) is 10.6 Å². The fourth-order valence-electron chi connectivity index (χ4n) is 2.67. The molecular weight excluding hydrogens is 395 g/mol. The molecule has 2 N–H and O–H groups in total. The molecule has 0 saturated heterocycles. The number of hydrogen-bond acceptors (Lipinski definition) is 6. The van der Waals surface area contributed by atoms with Crippen molar-refractivity contribution >= 4 is 23.8 Å². The number of carbonyl (C=O) groups is 4. The minimum absolute atomic E-state index is 0.0170. The predicted octanol–water partition coefficient (Wildman–Crippen LogP) is 1.65. The number of ether oxygens (including phenoxy) is 2. The van der Waals surface area contributed by atoms with Crippen molar-refractivity contribution in [2.24, 2.45) is 0 Å². The second kappa shape index (κ2) is 11.3. The summed E-state index contributed by atoms with van der Waals surface area (Å²) in [5, 5.41) is 4.99. The first kappa shape index (κ1) is 25.1. The van der Waals surface area contributed by atoms with Crippen molar-refractivity contribution in [2.45, 2.75) is 64.6 Å². The molecule has 1 rings (SSSR count). The molecule has 0 spiro atoms. The van der Waals surface area contributed by atoms with E-state index in [1.165, 1.54) is 25.1 Å². The normalized spacial score (nSPS) is 13.0. The SMILES string of the molecule is COC(=O)[C@@H](CCC(=O)OC(C)(C)C)NC(=O)[C@@H](Cc1cccc(F)c1)NC(C)=O. The van der Waals surface area contributed by atoms with Gasteiger partial charge in [-0.05, 0) is 44.9 Å². The van der Waals surface area contributed by atoms with Crippen LogP contribution in [0, 0.1) is 5.82 Å². The lowest BCUT2D eigenvalue weighted by molar-refractivity contribution is -0.155. The van der Waals surface area contributed by atoms with Crippen molar-refractivity contribution < 1.29 is 33.0 Å². The molecule has 9 heteroatoms. The summed E-state index contributed by atoms with van der Waals surface area (Å²) in [5.74, 6) is -2.86. The quantitative estimate of drug-likeness (QED) is 0.583. The fourth-order valence-corrected chi connectivity index (χ4v) is 2.67. The summed E-state index contributed by atoms with van der Waals surface area (Å²) in [4.78, 5) is 48.2. The van der Waals surface area contributed by atoms with Gasteiger partial charge >= 0.3 is 11.9 Å². The summed E-state index contributed by atoms with van der Waals surface area (Å²) in [6.07, 6.45) is -0.144. The average molecular weight is 424 g/mol. The number of methoxy groups -OCH3 is 1. The van der Waals surface area contributed by atoms with Gasteiger partial charge in [0.15, 0.2) is 0 Å². The highest BCUT2D eigenvalue weighted by molar-refractivity contribution is 5.90. The molecule has 0 radical (unpaired) electrons. The Bertz CT molecular complexity index is 775. The Morgan fingerprint density at radius 1 is 1.10 bits per heavy atom. The Morgan fingerprint density at radius 2 is 1.77 bits per heavy atom. The van der Waals surface area contributed by atoms with E-state index in [4.69, 9.17) is 9.47 Å². The second-order valence-electron chi connectivity index (χ2n) is 7.80. The Morgan fingerprint density at radius 3 is 2.30 bits per heavy atom. The molecule has 0 bridgehead atoms. The van der Waals surface area contributed by atoms with Crippen LogP contribution in [0.5, 0.6) is 0 Å². The van der Waals surface area contributed by atoms with Gasteiger partial charge in [-0.3, -0.25) is 14.4 Å². The number of halogens is 1. The van der Waals surface area contributed by atoms with Gasteiger partial charge in [0.1, 0.15) is 23.5 Å². The number of amides is 2. The maximum atomic E-state index is 13.4. The number of hydrogen-bond donors (Lipinski definition) is 2. The molecular formula is C21H29FN2O6. The van der Waals surface area contributed by atoms with Gasteiger partial charge in [0.2, 0.25) is 11.8 Å². The monoisotopic (exact) mass is 424 g/mol. The first-order valence-electron chi connectivity index (χ1n) is 9.53. The number of carbonyl (C=O) groups excluding carboxylic acids is 4. The van der Waals surface area contributed by atoms with Crippen LogP contribution in [0.4, 0.5) is 4.39 Å². The molecule has 1 aromatic rings. The zero-order valence-corrected chi connectivity index (χ0v) is 17.9. The molecule has 2 amide bonds. The first-order valence-corrected chi connectivity index (χ1v) is 9.53. The summed E-state index contributed by atoms with van der Waals surface area (Å²) in [6.45, 7) is 6.39. The van der Waals surface area contributed by atoms with Crippen LogP contribution in [0.2, 0.25) is 0 Å². The highest BCUT2D eigenvalue weighted by Gasteiger charge is 2.28. The van der Waals surface area contributed by atoms with Crippen molar-refractivity contribution in [3.8, 4) is 0 Å². The molecule has 0 aliphatic carbocycles. The van der Waals surface area contributed by atoms with Gasteiger partial charge in [-0.1, -0.05) is 12.1 Å². The molecule has 0 fully saturated rings. The van der Waals surface area contributed by atoms with Crippen LogP contribution in [0.1, 0.15) is 46.1 Å². The maximum absolute atomic E-state index is 13.4. The molecule has 0 aliphatic rings. The number of esters is 2. The van der Waals surface area contributed by atoms with Gasteiger partial charge in [0, 0.05) is 19.8 Å². The van der Waals surface area contributed by atoms with E-state index in [1.807, 2.05) is 0 Å². The van der Waals surface area contributed by atoms with E-state index in [0.29, 0.717) is 5.56 Å². The lowest BCUT2D eigenvalue weighted by Crippen LogP contribution is -2.52. The van der Waals surface area contributed by atoms with Gasteiger partial charge in [-0.15, -0.1) is 0 Å². The minimum atomic E-state index is -1.11. The summed E-state index contributed by atoms with van der Waals surface area (Å²) in [7, 11) is 1.16. The van der Waals surface area contributed by atoms with E-state index in [-0.39, 0.29) is 19.3 Å². The van der Waals surface area contributed by atoms with Crippen molar-refractivity contribution in [2.75, 3.05) is 7.11 Å². The van der Waals surface area contributed by atoms with Crippen LogP contribution in [0.25, 0.3) is 0 Å². The van der Waals surface area contributed by atoms with Gasteiger partial charge in [0.05, 0.1) is 7.11 Å². The van der Waals surface area contributed by atoms with Crippen LogP contribution in [0.3, 0.4) is 0 Å². The molecule has 1 aromatic carbocycles. The van der Waals surface area contributed by atoms with Gasteiger partial charge < -0.3 is 20.1 Å². The van der Waals surface area contributed by atoms with Gasteiger partial charge in [-0.25, -0.2) is 9.18 Å². The van der Waals surface area contributed by atoms with Crippen molar-refractivity contribution in [1.29, 1.82) is 0 Å². The Hall–Kier alpha value is -2.97. The van der Waals surface area contributed by atoms with E-state index in [0.717, 1.165) is 7.11 Å². The Balaban J connectivity index is 2.87. The van der Waals surface area contributed by atoms with E-state index < -0.39 is 47.3 Å². The molecule has 8 nitrogen and oxygen atoms in total. The average Bonchev–Trinajstić information content (AvgIpc) is 2.62. The first-order chi connectivity index (χ1) is 13.9. The summed E-state index contributed by atoms with van der Waals surface area (Å²) >= 11 is 0.